The minimum Gasteiger partial charge on any atom is -0.362 e. The van der Waals surface area contributed by atoms with E-state index in [1.807, 2.05) is 18.6 Å². The van der Waals surface area contributed by atoms with E-state index in [-0.39, 0.29) is 0 Å². The fourth-order valence-electron chi connectivity index (χ4n) is 2.18. The van der Waals surface area contributed by atoms with Crippen LogP contribution >= 0.6 is 0 Å². The monoisotopic (exact) mass is 233 g/mol. The lowest BCUT2D eigenvalue weighted by molar-refractivity contribution is 0.776. The molecule has 0 unspecified atom stereocenters. The highest BCUT2D eigenvalue weighted by Crippen LogP contribution is 2.29. The lowest BCUT2D eigenvalue weighted by Gasteiger charge is -2.22. The molecular formula is C12H19N5. The van der Waals surface area contributed by atoms with Gasteiger partial charge >= 0.3 is 0 Å². The number of aromatic nitrogens is 4. The number of anilines is 1. The zero-order chi connectivity index (χ0) is 12.6. The van der Waals surface area contributed by atoms with E-state index in [0.717, 1.165) is 17.9 Å². The molecule has 0 bridgehead atoms. The summed E-state index contributed by atoms with van der Waals surface area (Å²) in [5.74, 6) is 2.18. The average molecular weight is 233 g/mol. The van der Waals surface area contributed by atoms with Gasteiger partial charge in [0, 0.05) is 19.7 Å². The van der Waals surface area contributed by atoms with Crippen molar-refractivity contribution in [2.24, 2.45) is 0 Å². The molecule has 2 heterocycles. The average Bonchev–Trinajstić information content (AvgIpc) is 2.73. The first kappa shape index (κ1) is 11.8. The van der Waals surface area contributed by atoms with Gasteiger partial charge in [-0.2, -0.15) is 14.6 Å². The molecule has 2 aromatic heterocycles. The van der Waals surface area contributed by atoms with E-state index in [1.54, 1.807) is 6.33 Å². The maximum absolute atomic E-state index is 4.58. The van der Waals surface area contributed by atoms with E-state index in [4.69, 9.17) is 0 Å². The van der Waals surface area contributed by atoms with Crippen molar-refractivity contribution in [2.75, 3.05) is 19.0 Å². The van der Waals surface area contributed by atoms with Crippen molar-refractivity contribution in [1.82, 2.24) is 19.6 Å². The van der Waals surface area contributed by atoms with Crippen LogP contribution in [0.2, 0.25) is 0 Å². The molecule has 0 radical (unpaired) electrons. The number of hydrogen-bond acceptors (Lipinski definition) is 4. The van der Waals surface area contributed by atoms with Crippen LogP contribution in [0.3, 0.4) is 0 Å². The molecule has 5 nitrogen and oxygen atoms in total. The summed E-state index contributed by atoms with van der Waals surface area (Å²) in [5.41, 5.74) is 2.37. The molecular weight excluding hydrogens is 214 g/mol. The van der Waals surface area contributed by atoms with Crippen molar-refractivity contribution >= 4 is 11.6 Å². The van der Waals surface area contributed by atoms with Gasteiger partial charge in [0.2, 0.25) is 0 Å². The molecule has 0 aromatic carbocycles. The molecule has 2 rings (SSSR count). The smallest absolute Gasteiger partial charge is 0.254 e. The Morgan fingerprint density at radius 1 is 1.35 bits per heavy atom. The number of nitrogens with zero attached hydrogens (tertiary/aromatic N) is 5. The zero-order valence-electron chi connectivity index (χ0n) is 11.1. The molecule has 5 heteroatoms. The van der Waals surface area contributed by atoms with Crippen molar-refractivity contribution in [3.05, 3.63) is 17.6 Å². The van der Waals surface area contributed by atoms with Gasteiger partial charge in [0.15, 0.2) is 0 Å². The fourth-order valence-corrected chi connectivity index (χ4v) is 2.18. The van der Waals surface area contributed by atoms with E-state index in [1.165, 1.54) is 5.56 Å². The molecule has 0 aliphatic rings. The van der Waals surface area contributed by atoms with Crippen molar-refractivity contribution < 1.29 is 0 Å². The van der Waals surface area contributed by atoms with Crippen LogP contribution < -0.4 is 4.90 Å². The lowest BCUT2D eigenvalue weighted by Crippen LogP contribution is -2.19. The number of rotatable bonds is 3. The van der Waals surface area contributed by atoms with Crippen molar-refractivity contribution in [3.63, 3.8) is 0 Å². The van der Waals surface area contributed by atoms with Crippen LogP contribution in [-0.4, -0.2) is 33.7 Å². The molecule has 0 saturated heterocycles. The van der Waals surface area contributed by atoms with Crippen LogP contribution in [0.25, 0.3) is 5.78 Å². The minimum absolute atomic E-state index is 0.420. The van der Waals surface area contributed by atoms with Crippen LogP contribution in [0.1, 0.15) is 37.9 Å². The molecule has 17 heavy (non-hydrogen) atoms. The van der Waals surface area contributed by atoms with Crippen molar-refractivity contribution in [1.29, 1.82) is 0 Å². The van der Waals surface area contributed by atoms with E-state index in [0.29, 0.717) is 11.7 Å². The standard InChI is InChI=1S/C12H19N5/c1-6-9-10(8(2)3)11(16(4)5)17-12(15-9)13-7-14-17/h7-8H,6H2,1-5H3. The fraction of sp³-hybridized carbons (Fsp3) is 0.583. The highest BCUT2D eigenvalue weighted by molar-refractivity contribution is 5.55. The second kappa shape index (κ2) is 4.31. The Hall–Kier alpha value is -1.65. The number of aryl methyl sites for hydroxylation is 1. The third-order valence-electron chi connectivity index (χ3n) is 2.85. The predicted molar refractivity (Wildman–Crippen MR) is 68.6 cm³/mol. The van der Waals surface area contributed by atoms with Gasteiger partial charge in [0.25, 0.3) is 5.78 Å². The summed E-state index contributed by atoms with van der Waals surface area (Å²) in [7, 11) is 4.06. The van der Waals surface area contributed by atoms with E-state index >= 15 is 0 Å². The molecule has 0 aliphatic carbocycles. The molecule has 0 saturated carbocycles. The van der Waals surface area contributed by atoms with Gasteiger partial charge < -0.3 is 4.90 Å². The van der Waals surface area contributed by atoms with Gasteiger partial charge in [0.05, 0.1) is 5.69 Å². The lowest BCUT2D eigenvalue weighted by atomic mass is 10.00. The number of fused-ring (bicyclic) bond motifs is 1. The van der Waals surface area contributed by atoms with Gasteiger partial charge in [-0.15, -0.1) is 0 Å². The van der Waals surface area contributed by atoms with Gasteiger partial charge in [-0.25, -0.2) is 4.98 Å². The van der Waals surface area contributed by atoms with Crippen molar-refractivity contribution in [2.45, 2.75) is 33.1 Å². The Balaban J connectivity index is 2.84. The zero-order valence-corrected chi connectivity index (χ0v) is 11.1. The van der Waals surface area contributed by atoms with Crippen molar-refractivity contribution in [3.8, 4) is 0 Å². The second-order valence-corrected chi connectivity index (χ2v) is 4.67. The van der Waals surface area contributed by atoms with Gasteiger partial charge in [0.1, 0.15) is 12.1 Å². The maximum Gasteiger partial charge on any atom is 0.254 e. The molecule has 2 aromatic rings. The molecule has 0 aliphatic heterocycles. The Bertz CT molecular complexity index is 527. The summed E-state index contributed by atoms with van der Waals surface area (Å²) < 4.78 is 1.81. The van der Waals surface area contributed by atoms with E-state index < -0.39 is 0 Å². The largest absolute Gasteiger partial charge is 0.362 e. The first-order valence-corrected chi connectivity index (χ1v) is 5.96. The Morgan fingerprint density at radius 3 is 2.59 bits per heavy atom. The summed E-state index contributed by atoms with van der Waals surface area (Å²) in [6.07, 6.45) is 2.47. The Morgan fingerprint density at radius 2 is 2.06 bits per heavy atom. The summed E-state index contributed by atoms with van der Waals surface area (Å²) >= 11 is 0. The second-order valence-electron chi connectivity index (χ2n) is 4.67. The first-order valence-electron chi connectivity index (χ1n) is 5.96. The first-order chi connectivity index (χ1) is 8.06. The van der Waals surface area contributed by atoms with Crippen LogP contribution in [-0.2, 0) is 6.42 Å². The van der Waals surface area contributed by atoms with Crippen LogP contribution in [0.15, 0.2) is 6.33 Å². The third kappa shape index (κ3) is 1.85. The topological polar surface area (TPSA) is 46.3 Å². The summed E-state index contributed by atoms with van der Waals surface area (Å²) in [6, 6.07) is 0. The summed E-state index contributed by atoms with van der Waals surface area (Å²) in [6.45, 7) is 6.50. The van der Waals surface area contributed by atoms with Crippen LogP contribution in [0.5, 0.6) is 0 Å². The maximum atomic E-state index is 4.58. The highest BCUT2D eigenvalue weighted by Gasteiger charge is 2.19. The van der Waals surface area contributed by atoms with Crippen LogP contribution in [0, 0.1) is 0 Å². The normalized spacial score (nSPS) is 11.4. The molecule has 0 N–H and O–H groups in total. The SMILES string of the molecule is CCc1nc2ncnn2c(N(C)C)c1C(C)C. The van der Waals surface area contributed by atoms with Gasteiger partial charge in [-0.1, -0.05) is 20.8 Å². The van der Waals surface area contributed by atoms with Gasteiger partial charge in [-0.3, -0.25) is 0 Å². The molecule has 0 fully saturated rings. The van der Waals surface area contributed by atoms with Crippen LogP contribution in [0.4, 0.5) is 5.82 Å². The highest BCUT2D eigenvalue weighted by atomic mass is 15.4. The predicted octanol–water partition coefficient (Wildman–Crippen LogP) is 1.88. The summed E-state index contributed by atoms with van der Waals surface area (Å²) in [4.78, 5) is 10.8. The molecule has 0 amide bonds. The summed E-state index contributed by atoms with van der Waals surface area (Å²) in [5, 5.41) is 4.26. The Kier molecular flexibility index (Phi) is 3.00. The van der Waals surface area contributed by atoms with Gasteiger partial charge in [-0.05, 0) is 12.3 Å². The minimum atomic E-state index is 0.420. The van der Waals surface area contributed by atoms with E-state index in [9.17, 15) is 0 Å². The quantitative estimate of drug-likeness (QED) is 0.812. The Labute approximate surface area is 101 Å². The molecule has 0 atom stereocenters. The number of hydrogen-bond donors (Lipinski definition) is 0. The molecule has 92 valence electrons. The van der Waals surface area contributed by atoms with E-state index in [2.05, 4.69) is 40.7 Å². The molecule has 0 spiro atoms. The third-order valence-corrected chi connectivity index (χ3v) is 2.85.